The van der Waals surface area contributed by atoms with E-state index in [1.807, 2.05) is 0 Å². The minimum absolute atomic E-state index is 0.0694. The van der Waals surface area contributed by atoms with E-state index in [4.69, 9.17) is 5.73 Å². The first kappa shape index (κ1) is 15.1. The average molecular weight is 296 g/mol. The van der Waals surface area contributed by atoms with Gasteiger partial charge in [-0.1, -0.05) is 37.8 Å². The van der Waals surface area contributed by atoms with E-state index >= 15 is 0 Å². The summed E-state index contributed by atoms with van der Waals surface area (Å²) in [6, 6.07) is 6.13. The van der Waals surface area contributed by atoms with Crippen LogP contribution in [0.5, 0.6) is 0 Å². The zero-order chi connectivity index (χ0) is 14.5. The molecule has 2 rings (SSSR count). The number of rotatable bonds is 3. The Morgan fingerprint density at radius 3 is 2.50 bits per heavy atom. The molecule has 1 saturated carbocycles. The summed E-state index contributed by atoms with van der Waals surface area (Å²) in [7, 11) is -1.42. The van der Waals surface area contributed by atoms with Crippen LogP contribution in [0, 0.1) is 10.1 Å². The lowest BCUT2D eigenvalue weighted by molar-refractivity contribution is -0.387. The zero-order valence-corrected chi connectivity index (χ0v) is 12.2. The second-order valence-electron chi connectivity index (χ2n) is 5.22. The molecule has 0 aliphatic heterocycles. The summed E-state index contributed by atoms with van der Waals surface area (Å²) in [5.74, 6) is 0. The van der Waals surface area contributed by atoms with Gasteiger partial charge in [0.1, 0.15) is 4.90 Å². The van der Waals surface area contributed by atoms with E-state index < -0.39 is 15.7 Å². The maximum absolute atomic E-state index is 12.7. The third-order valence-corrected chi connectivity index (χ3v) is 5.72. The van der Waals surface area contributed by atoms with Crippen molar-refractivity contribution in [3.8, 4) is 0 Å². The molecule has 5 nitrogen and oxygen atoms in total. The average Bonchev–Trinajstić information content (AvgIpc) is 2.42. The summed E-state index contributed by atoms with van der Waals surface area (Å²) >= 11 is 0. The lowest BCUT2D eigenvalue weighted by atomic mass is 9.97. The lowest BCUT2D eigenvalue weighted by Crippen LogP contribution is -2.38. The smallest absolute Gasteiger partial charge is 0.285 e. The molecular formula is C14H20N2O3S. The van der Waals surface area contributed by atoms with Gasteiger partial charge in [0.15, 0.2) is 0 Å². The highest BCUT2D eigenvalue weighted by atomic mass is 32.2. The third kappa shape index (κ3) is 3.43. The summed E-state index contributed by atoms with van der Waals surface area (Å²) in [6.45, 7) is 0. The minimum atomic E-state index is -1.42. The summed E-state index contributed by atoms with van der Waals surface area (Å²) in [4.78, 5) is 10.9. The second kappa shape index (κ2) is 6.95. The molecule has 110 valence electrons. The monoisotopic (exact) mass is 296 g/mol. The largest absolute Gasteiger partial charge is 0.327 e. The van der Waals surface area contributed by atoms with Gasteiger partial charge in [-0.2, -0.15) is 0 Å². The van der Waals surface area contributed by atoms with Crippen LogP contribution in [0.1, 0.15) is 38.5 Å². The van der Waals surface area contributed by atoms with E-state index in [1.54, 1.807) is 18.2 Å². The summed E-state index contributed by atoms with van der Waals surface area (Å²) in [6.07, 6.45) is 5.95. The van der Waals surface area contributed by atoms with E-state index in [1.165, 1.54) is 12.5 Å². The number of nitro groups is 1. The maximum atomic E-state index is 12.7. The molecule has 6 heteroatoms. The Labute approximate surface area is 121 Å². The van der Waals surface area contributed by atoms with Crippen molar-refractivity contribution in [2.45, 2.75) is 54.7 Å². The second-order valence-corrected chi connectivity index (χ2v) is 6.86. The molecule has 0 amide bonds. The Balaban J connectivity index is 2.27. The van der Waals surface area contributed by atoms with Crippen LogP contribution in [0.3, 0.4) is 0 Å². The Morgan fingerprint density at radius 1 is 1.15 bits per heavy atom. The highest BCUT2D eigenvalue weighted by Crippen LogP contribution is 2.28. The normalized spacial score (nSPS) is 25.4. The predicted octanol–water partition coefficient (Wildman–Crippen LogP) is 2.75. The van der Waals surface area contributed by atoms with E-state index in [-0.39, 0.29) is 17.0 Å². The van der Waals surface area contributed by atoms with Gasteiger partial charge in [0.2, 0.25) is 0 Å². The fraction of sp³-hybridized carbons (Fsp3) is 0.571. The van der Waals surface area contributed by atoms with Gasteiger partial charge in [0, 0.05) is 12.1 Å². The van der Waals surface area contributed by atoms with E-state index in [9.17, 15) is 14.3 Å². The van der Waals surface area contributed by atoms with Gasteiger partial charge in [-0.15, -0.1) is 0 Å². The molecule has 3 atom stereocenters. The van der Waals surface area contributed by atoms with E-state index in [0.717, 1.165) is 32.1 Å². The Morgan fingerprint density at radius 2 is 1.80 bits per heavy atom. The molecule has 0 aromatic heterocycles. The van der Waals surface area contributed by atoms with Gasteiger partial charge >= 0.3 is 0 Å². The van der Waals surface area contributed by atoms with Crippen molar-refractivity contribution in [3.05, 3.63) is 34.4 Å². The van der Waals surface area contributed by atoms with Crippen LogP contribution >= 0.6 is 0 Å². The predicted molar refractivity (Wildman–Crippen MR) is 79.0 cm³/mol. The SMILES string of the molecule is NC1CCCCCCC1S(=O)c1ccccc1[N+](=O)[O-]. The number of nitrogens with two attached hydrogens (primary N) is 1. The quantitative estimate of drug-likeness (QED) is 0.686. The number of hydrogen-bond donors (Lipinski definition) is 1. The fourth-order valence-corrected chi connectivity index (χ4v) is 4.41. The summed E-state index contributed by atoms with van der Waals surface area (Å²) in [5, 5.41) is 10.9. The van der Waals surface area contributed by atoms with Crippen molar-refractivity contribution >= 4 is 16.5 Å². The molecule has 1 aromatic carbocycles. The van der Waals surface area contributed by atoms with Gasteiger partial charge in [0.05, 0.1) is 21.0 Å². The van der Waals surface area contributed by atoms with Crippen molar-refractivity contribution in [1.29, 1.82) is 0 Å². The van der Waals surface area contributed by atoms with Crippen LogP contribution in [0.25, 0.3) is 0 Å². The van der Waals surface area contributed by atoms with Gasteiger partial charge in [0.25, 0.3) is 5.69 Å². The third-order valence-electron chi connectivity index (χ3n) is 3.81. The van der Waals surface area contributed by atoms with Crippen LogP contribution in [0.4, 0.5) is 5.69 Å². The van der Waals surface area contributed by atoms with Crippen LogP contribution < -0.4 is 5.73 Å². The molecule has 0 radical (unpaired) electrons. The topological polar surface area (TPSA) is 86.2 Å². The van der Waals surface area contributed by atoms with Crippen LogP contribution in [-0.4, -0.2) is 20.4 Å². The van der Waals surface area contributed by atoms with Crippen LogP contribution in [0.2, 0.25) is 0 Å². The molecule has 0 spiro atoms. The standard InChI is InChI=1S/C14H20N2O3S/c15-11-7-3-1-2-4-9-13(11)20(19)14-10-6-5-8-12(14)16(17)18/h5-6,8,10-11,13H,1-4,7,9,15H2. The first-order chi connectivity index (χ1) is 9.61. The molecule has 0 heterocycles. The minimum Gasteiger partial charge on any atom is -0.327 e. The molecule has 20 heavy (non-hydrogen) atoms. The Bertz CT molecular complexity index is 507. The van der Waals surface area contributed by atoms with Crippen molar-refractivity contribution in [3.63, 3.8) is 0 Å². The highest BCUT2D eigenvalue weighted by molar-refractivity contribution is 7.86. The molecule has 3 unspecified atom stereocenters. The number of hydrogen-bond acceptors (Lipinski definition) is 4. The zero-order valence-electron chi connectivity index (χ0n) is 11.4. The van der Waals surface area contributed by atoms with Gasteiger partial charge < -0.3 is 5.73 Å². The van der Waals surface area contributed by atoms with Gasteiger partial charge in [-0.05, 0) is 18.9 Å². The van der Waals surface area contributed by atoms with Crippen LogP contribution in [0.15, 0.2) is 29.2 Å². The summed E-state index contributed by atoms with van der Waals surface area (Å²) < 4.78 is 12.7. The lowest BCUT2D eigenvalue weighted by Gasteiger charge is -2.25. The molecular weight excluding hydrogens is 276 g/mol. The first-order valence-electron chi connectivity index (χ1n) is 7.01. The Kier molecular flexibility index (Phi) is 5.25. The van der Waals surface area contributed by atoms with Crippen molar-refractivity contribution in [2.24, 2.45) is 5.73 Å². The van der Waals surface area contributed by atoms with Gasteiger partial charge in [-0.3, -0.25) is 14.3 Å². The van der Waals surface area contributed by atoms with Crippen molar-refractivity contribution in [2.75, 3.05) is 0 Å². The Hall–Kier alpha value is -1.27. The first-order valence-corrected chi connectivity index (χ1v) is 8.22. The molecule has 1 aliphatic carbocycles. The van der Waals surface area contributed by atoms with E-state index in [0.29, 0.717) is 4.90 Å². The maximum Gasteiger partial charge on any atom is 0.285 e. The molecule has 1 aromatic rings. The van der Waals surface area contributed by atoms with Gasteiger partial charge in [-0.25, -0.2) is 0 Å². The van der Waals surface area contributed by atoms with E-state index in [2.05, 4.69) is 0 Å². The number of benzene rings is 1. The summed E-state index contributed by atoms with van der Waals surface area (Å²) in [5.41, 5.74) is 6.08. The number of nitro benzene ring substituents is 1. The molecule has 0 saturated heterocycles. The molecule has 1 fully saturated rings. The molecule has 2 N–H and O–H groups in total. The fourth-order valence-electron chi connectivity index (χ4n) is 2.69. The molecule has 0 bridgehead atoms. The van der Waals surface area contributed by atoms with Crippen LogP contribution in [-0.2, 0) is 10.8 Å². The number of nitrogens with zero attached hydrogens (tertiary/aromatic N) is 1. The highest BCUT2D eigenvalue weighted by Gasteiger charge is 2.29. The molecule has 1 aliphatic rings. The number of para-hydroxylation sites is 1. The van der Waals surface area contributed by atoms with Crippen molar-refractivity contribution in [1.82, 2.24) is 0 Å². The van der Waals surface area contributed by atoms with Crippen molar-refractivity contribution < 1.29 is 9.13 Å².